The third-order valence-corrected chi connectivity index (χ3v) is 5.73. The van der Waals surface area contributed by atoms with E-state index in [1.807, 2.05) is 4.72 Å². The van der Waals surface area contributed by atoms with Crippen molar-refractivity contribution in [1.29, 1.82) is 0 Å². The summed E-state index contributed by atoms with van der Waals surface area (Å²) in [4.78, 5) is 49.7. The van der Waals surface area contributed by atoms with Crippen LogP contribution >= 0.6 is 0 Å². The smallest absolute Gasteiger partial charge is 0.319 e. The summed E-state index contributed by atoms with van der Waals surface area (Å²) in [6, 6.07) is 11.4. The lowest BCUT2D eigenvalue weighted by Crippen LogP contribution is -2.39. The Bertz CT molecular complexity index is 1160. The second kappa shape index (κ2) is 9.18. The Kier molecular flexibility index (Phi) is 6.58. The molecule has 0 aliphatic carbocycles. The molecule has 0 unspecified atom stereocenters. The van der Waals surface area contributed by atoms with E-state index in [0.717, 1.165) is 4.90 Å². The number of imide groups is 1. The quantitative estimate of drug-likeness (QED) is 0.538. The predicted octanol–water partition coefficient (Wildman–Crippen LogP) is 1.57. The molecule has 3 N–H and O–H groups in total. The number of amides is 5. The van der Waals surface area contributed by atoms with Crippen LogP contribution < -0.4 is 15.4 Å². The van der Waals surface area contributed by atoms with Gasteiger partial charge in [0.05, 0.1) is 16.9 Å². The maximum absolute atomic E-state index is 12.4. The molecule has 1 heterocycles. The van der Waals surface area contributed by atoms with Crippen molar-refractivity contribution in [3.63, 3.8) is 0 Å². The second-order valence-corrected chi connectivity index (χ2v) is 9.23. The Morgan fingerprint density at radius 1 is 0.969 bits per heavy atom. The molecule has 3 rings (SSSR count). The van der Waals surface area contributed by atoms with Gasteiger partial charge in [-0.2, -0.15) is 0 Å². The van der Waals surface area contributed by atoms with Gasteiger partial charge in [0.25, 0.3) is 17.7 Å². The molecule has 0 atom stereocenters. The third kappa shape index (κ3) is 5.30. The molecule has 1 aliphatic rings. The number of urea groups is 1. The van der Waals surface area contributed by atoms with Gasteiger partial charge in [0.1, 0.15) is 0 Å². The van der Waals surface area contributed by atoms with Crippen molar-refractivity contribution in [2.24, 2.45) is 0 Å². The predicted molar refractivity (Wildman–Crippen MR) is 117 cm³/mol. The number of hydrogen-bond donors (Lipinski definition) is 3. The molecule has 1 aliphatic heterocycles. The highest BCUT2D eigenvalue weighted by Crippen LogP contribution is 2.22. The van der Waals surface area contributed by atoms with Gasteiger partial charge in [-0.05, 0) is 44.2 Å². The molecule has 168 valence electrons. The van der Waals surface area contributed by atoms with Crippen molar-refractivity contribution < 1.29 is 27.6 Å². The Balaban J connectivity index is 1.62. The number of nitrogens with one attached hydrogen (secondary N) is 3. The van der Waals surface area contributed by atoms with E-state index in [2.05, 4.69) is 10.6 Å². The van der Waals surface area contributed by atoms with Crippen molar-refractivity contribution in [3.05, 3.63) is 65.2 Å². The molecule has 2 aromatic rings. The van der Waals surface area contributed by atoms with Crippen LogP contribution in [0.4, 0.5) is 10.5 Å². The summed E-state index contributed by atoms with van der Waals surface area (Å²) in [5.74, 6) is -2.70. The van der Waals surface area contributed by atoms with Crippen molar-refractivity contribution in [3.8, 4) is 0 Å². The van der Waals surface area contributed by atoms with Crippen LogP contribution in [-0.4, -0.2) is 55.4 Å². The van der Waals surface area contributed by atoms with Crippen molar-refractivity contribution in [1.82, 2.24) is 14.9 Å². The van der Waals surface area contributed by atoms with Crippen molar-refractivity contribution in [2.75, 3.05) is 17.6 Å². The molecule has 0 bridgehead atoms. The number of benzene rings is 2. The molecule has 32 heavy (non-hydrogen) atoms. The fourth-order valence-corrected chi connectivity index (χ4v) is 4.00. The lowest BCUT2D eigenvalue weighted by atomic mass is 10.1. The molecule has 11 heteroatoms. The molecular formula is C21H22N4O6S. The zero-order valence-electron chi connectivity index (χ0n) is 17.4. The Morgan fingerprint density at radius 3 is 2.19 bits per heavy atom. The van der Waals surface area contributed by atoms with E-state index < -0.39 is 46.1 Å². The highest BCUT2D eigenvalue weighted by atomic mass is 32.2. The van der Waals surface area contributed by atoms with Gasteiger partial charge in [-0.15, -0.1) is 0 Å². The van der Waals surface area contributed by atoms with Crippen LogP contribution in [0.25, 0.3) is 0 Å². The Morgan fingerprint density at radius 2 is 1.59 bits per heavy atom. The zero-order valence-corrected chi connectivity index (χ0v) is 18.2. The molecule has 0 radical (unpaired) electrons. The summed E-state index contributed by atoms with van der Waals surface area (Å²) in [7, 11) is -4.15. The van der Waals surface area contributed by atoms with Gasteiger partial charge in [0.2, 0.25) is 10.0 Å². The van der Waals surface area contributed by atoms with E-state index in [-0.39, 0.29) is 22.7 Å². The van der Waals surface area contributed by atoms with Crippen molar-refractivity contribution in [2.45, 2.75) is 19.9 Å². The first-order valence-electron chi connectivity index (χ1n) is 9.75. The number of sulfonamides is 1. The minimum absolute atomic E-state index is 0.0108. The van der Waals surface area contributed by atoms with Gasteiger partial charge in [-0.3, -0.25) is 19.3 Å². The summed E-state index contributed by atoms with van der Waals surface area (Å²) in [5.41, 5.74) is 0.741. The lowest BCUT2D eigenvalue weighted by Gasteiger charge is -2.14. The van der Waals surface area contributed by atoms with Crippen LogP contribution in [0, 0.1) is 0 Å². The standard InChI is InChI=1S/C21H22N4O6S/c1-13(2)22-21(29)23-15-7-5-6-14(12-15)18(26)24-32(30,31)11-10-25-19(27)16-8-3-4-9-17(16)20(25)28/h3-9,12-13H,10-11H2,1-2H3,(H,24,26)(H2,22,23,29). The number of carbonyl (C=O) groups excluding carboxylic acids is 4. The van der Waals surface area contributed by atoms with Crippen molar-refractivity contribution >= 4 is 39.5 Å². The molecule has 0 saturated carbocycles. The third-order valence-electron chi connectivity index (χ3n) is 4.51. The van der Waals surface area contributed by atoms with E-state index in [1.54, 1.807) is 32.0 Å². The molecule has 2 aromatic carbocycles. The average molecular weight is 458 g/mol. The van der Waals surface area contributed by atoms with E-state index in [4.69, 9.17) is 0 Å². The first-order chi connectivity index (χ1) is 15.1. The highest BCUT2D eigenvalue weighted by molar-refractivity contribution is 7.90. The number of nitrogens with zero attached hydrogens (tertiary/aromatic N) is 1. The zero-order chi connectivity index (χ0) is 23.5. The number of hydrogen-bond acceptors (Lipinski definition) is 6. The summed E-state index contributed by atoms with van der Waals surface area (Å²) in [6.07, 6.45) is 0. The van der Waals surface area contributed by atoms with Crippen LogP contribution in [0.1, 0.15) is 44.9 Å². The number of anilines is 1. The van der Waals surface area contributed by atoms with Gasteiger partial charge in [-0.1, -0.05) is 18.2 Å². The highest BCUT2D eigenvalue weighted by Gasteiger charge is 2.35. The number of rotatable bonds is 7. The topological polar surface area (TPSA) is 142 Å². The van der Waals surface area contributed by atoms with Gasteiger partial charge in [0.15, 0.2) is 0 Å². The average Bonchev–Trinajstić information content (AvgIpc) is 2.96. The van der Waals surface area contributed by atoms with Crippen LogP contribution in [0.5, 0.6) is 0 Å². The monoisotopic (exact) mass is 458 g/mol. The van der Waals surface area contributed by atoms with E-state index in [1.165, 1.54) is 30.3 Å². The van der Waals surface area contributed by atoms with E-state index >= 15 is 0 Å². The van der Waals surface area contributed by atoms with Crippen LogP contribution in [0.2, 0.25) is 0 Å². The SMILES string of the molecule is CC(C)NC(=O)Nc1cccc(C(=O)NS(=O)(=O)CCN2C(=O)c3ccccc3C2=O)c1. The molecule has 5 amide bonds. The molecular weight excluding hydrogens is 436 g/mol. The maximum atomic E-state index is 12.4. The van der Waals surface area contributed by atoms with E-state index in [9.17, 15) is 27.6 Å². The van der Waals surface area contributed by atoms with Gasteiger partial charge in [-0.25, -0.2) is 17.9 Å². The first-order valence-corrected chi connectivity index (χ1v) is 11.4. The number of carbonyl (C=O) groups is 4. The van der Waals surface area contributed by atoms with Gasteiger partial charge in [0, 0.05) is 23.8 Å². The van der Waals surface area contributed by atoms with E-state index in [0.29, 0.717) is 5.69 Å². The summed E-state index contributed by atoms with van der Waals surface area (Å²) in [5, 5.41) is 5.18. The van der Waals surface area contributed by atoms with Crippen LogP contribution in [0.15, 0.2) is 48.5 Å². The van der Waals surface area contributed by atoms with Gasteiger partial charge >= 0.3 is 6.03 Å². The number of fused-ring (bicyclic) bond motifs is 1. The van der Waals surface area contributed by atoms with Crippen LogP contribution in [-0.2, 0) is 10.0 Å². The molecule has 10 nitrogen and oxygen atoms in total. The minimum atomic E-state index is -4.15. The summed E-state index contributed by atoms with van der Waals surface area (Å²) < 4.78 is 26.7. The normalized spacial score (nSPS) is 13.2. The lowest BCUT2D eigenvalue weighted by molar-refractivity contribution is 0.0664. The fourth-order valence-electron chi connectivity index (χ4n) is 3.07. The summed E-state index contributed by atoms with van der Waals surface area (Å²) in [6.45, 7) is 3.18. The second-order valence-electron chi connectivity index (χ2n) is 7.39. The Labute approximate surface area is 185 Å². The first kappa shape index (κ1) is 22.9. The molecule has 0 saturated heterocycles. The minimum Gasteiger partial charge on any atom is -0.336 e. The molecule has 0 spiro atoms. The maximum Gasteiger partial charge on any atom is 0.319 e. The molecule has 0 fully saturated rings. The van der Waals surface area contributed by atoms with Crippen LogP contribution in [0.3, 0.4) is 0 Å². The largest absolute Gasteiger partial charge is 0.336 e. The van der Waals surface area contributed by atoms with Gasteiger partial charge < -0.3 is 10.6 Å². The summed E-state index contributed by atoms with van der Waals surface area (Å²) >= 11 is 0. The Hall–Kier alpha value is -3.73. The molecule has 0 aromatic heterocycles. The fraction of sp³-hybridized carbons (Fsp3) is 0.238.